The van der Waals surface area contributed by atoms with Gasteiger partial charge in [-0.15, -0.1) is 0 Å². The molecule has 26 heavy (non-hydrogen) atoms. The third-order valence-corrected chi connectivity index (χ3v) is 3.55. The van der Waals surface area contributed by atoms with Gasteiger partial charge in [0.05, 0.1) is 16.7 Å². The van der Waals surface area contributed by atoms with Crippen molar-refractivity contribution in [3.63, 3.8) is 0 Å². The molecule has 0 fully saturated rings. The van der Waals surface area contributed by atoms with Crippen molar-refractivity contribution < 1.29 is 23.9 Å². The molecule has 0 N–H and O–H groups in total. The first kappa shape index (κ1) is 17.1. The molecule has 5 nitrogen and oxygen atoms in total. The predicted molar refractivity (Wildman–Crippen MR) is 94.6 cm³/mol. The third-order valence-electron chi connectivity index (χ3n) is 3.55. The van der Waals surface area contributed by atoms with Gasteiger partial charge in [0, 0.05) is 0 Å². The van der Waals surface area contributed by atoms with Crippen molar-refractivity contribution in [3.8, 4) is 11.5 Å². The Balaban J connectivity index is 1.90. The summed E-state index contributed by atoms with van der Waals surface area (Å²) < 4.78 is 10.7. The molecule has 0 spiro atoms. The predicted octanol–water partition coefficient (Wildman–Crippen LogP) is 3.94. The molecule has 0 saturated carbocycles. The van der Waals surface area contributed by atoms with Crippen LogP contribution in [-0.2, 0) is 0 Å². The summed E-state index contributed by atoms with van der Waals surface area (Å²) in [5.74, 6) is -1.38. The van der Waals surface area contributed by atoms with E-state index in [0.717, 1.165) is 0 Å². The molecular weight excluding hydrogens is 332 g/mol. The number of hydrogen-bond acceptors (Lipinski definition) is 5. The lowest BCUT2D eigenvalue weighted by atomic mass is 10.2. The van der Waals surface area contributed by atoms with Crippen molar-refractivity contribution in [3.05, 3.63) is 95.6 Å². The second kappa shape index (κ2) is 7.90. The Morgan fingerprint density at radius 2 is 1.19 bits per heavy atom. The summed E-state index contributed by atoms with van der Waals surface area (Å²) in [6.45, 7) is 0. The Morgan fingerprint density at radius 3 is 1.73 bits per heavy atom. The van der Waals surface area contributed by atoms with E-state index < -0.39 is 11.9 Å². The van der Waals surface area contributed by atoms with Crippen LogP contribution < -0.4 is 9.47 Å². The van der Waals surface area contributed by atoms with Crippen molar-refractivity contribution in [2.75, 3.05) is 0 Å². The summed E-state index contributed by atoms with van der Waals surface area (Å²) >= 11 is 0. The quantitative estimate of drug-likeness (QED) is 0.398. The van der Waals surface area contributed by atoms with Crippen molar-refractivity contribution in [2.45, 2.75) is 0 Å². The highest BCUT2D eigenvalue weighted by Crippen LogP contribution is 2.31. The highest BCUT2D eigenvalue weighted by atomic mass is 16.6. The van der Waals surface area contributed by atoms with Crippen LogP contribution in [0.1, 0.15) is 31.1 Å². The smallest absolute Gasteiger partial charge is 0.343 e. The second-order valence-corrected chi connectivity index (χ2v) is 5.30. The highest BCUT2D eigenvalue weighted by Gasteiger charge is 2.19. The van der Waals surface area contributed by atoms with Gasteiger partial charge in [0.15, 0.2) is 17.8 Å². The van der Waals surface area contributed by atoms with Crippen LogP contribution in [0.5, 0.6) is 11.5 Å². The fourth-order valence-electron chi connectivity index (χ4n) is 2.27. The first-order chi connectivity index (χ1) is 12.7. The van der Waals surface area contributed by atoms with E-state index in [1.165, 1.54) is 18.2 Å². The van der Waals surface area contributed by atoms with E-state index in [2.05, 4.69) is 0 Å². The minimum absolute atomic E-state index is 0.00673. The highest BCUT2D eigenvalue weighted by molar-refractivity contribution is 5.95. The molecule has 0 aliphatic heterocycles. The van der Waals surface area contributed by atoms with Crippen LogP contribution in [0.3, 0.4) is 0 Å². The molecule has 3 aromatic carbocycles. The van der Waals surface area contributed by atoms with E-state index in [4.69, 9.17) is 9.47 Å². The maximum atomic E-state index is 12.3. The molecule has 0 aliphatic rings. The summed E-state index contributed by atoms with van der Waals surface area (Å²) in [5.41, 5.74) is 0.755. The van der Waals surface area contributed by atoms with Crippen molar-refractivity contribution in [1.82, 2.24) is 0 Å². The van der Waals surface area contributed by atoms with Gasteiger partial charge in [-0.25, -0.2) is 9.59 Å². The Kier molecular flexibility index (Phi) is 5.19. The van der Waals surface area contributed by atoms with E-state index in [1.807, 2.05) is 0 Å². The van der Waals surface area contributed by atoms with Crippen molar-refractivity contribution >= 4 is 18.2 Å². The molecule has 0 atom stereocenters. The largest absolute Gasteiger partial charge is 0.419 e. The Hall–Kier alpha value is -3.73. The number of ether oxygens (including phenoxy) is 2. The molecule has 128 valence electrons. The van der Waals surface area contributed by atoms with E-state index in [0.29, 0.717) is 17.4 Å². The first-order valence-electron chi connectivity index (χ1n) is 7.81. The molecule has 3 rings (SSSR count). The molecule has 0 bridgehead atoms. The fourth-order valence-corrected chi connectivity index (χ4v) is 2.27. The Morgan fingerprint density at radius 1 is 0.654 bits per heavy atom. The van der Waals surface area contributed by atoms with Crippen LogP contribution in [0.2, 0.25) is 0 Å². The number of aldehydes is 1. The number of carbonyl (C=O) groups excluding carboxylic acids is 3. The summed E-state index contributed by atoms with van der Waals surface area (Å²) in [7, 11) is 0. The Bertz CT molecular complexity index is 933. The van der Waals surface area contributed by atoms with Gasteiger partial charge in [0.2, 0.25) is 0 Å². The lowest BCUT2D eigenvalue weighted by Gasteiger charge is -2.12. The van der Waals surface area contributed by atoms with Crippen LogP contribution in [0.4, 0.5) is 0 Å². The van der Waals surface area contributed by atoms with Gasteiger partial charge in [-0.1, -0.05) is 42.5 Å². The van der Waals surface area contributed by atoms with E-state index in [9.17, 15) is 14.4 Å². The Labute approximate surface area is 149 Å². The van der Waals surface area contributed by atoms with Gasteiger partial charge >= 0.3 is 11.9 Å². The van der Waals surface area contributed by atoms with E-state index >= 15 is 0 Å². The molecule has 0 radical (unpaired) electrons. The number of carbonyl (C=O) groups is 3. The average Bonchev–Trinajstić information content (AvgIpc) is 2.70. The topological polar surface area (TPSA) is 69.7 Å². The van der Waals surface area contributed by atoms with Crippen LogP contribution in [0.15, 0.2) is 78.9 Å². The zero-order chi connectivity index (χ0) is 18.4. The average molecular weight is 346 g/mol. The molecule has 0 heterocycles. The van der Waals surface area contributed by atoms with E-state index in [1.54, 1.807) is 60.7 Å². The number of para-hydroxylation sites is 1. The van der Waals surface area contributed by atoms with Crippen LogP contribution in [0, 0.1) is 0 Å². The molecular formula is C21H14O5. The summed E-state index contributed by atoms with van der Waals surface area (Å²) in [5, 5.41) is 0. The van der Waals surface area contributed by atoms with Crippen molar-refractivity contribution in [1.29, 1.82) is 0 Å². The minimum atomic E-state index is -0.656. The maximum Gasteiger partial charge on any atom is 0.343 e. The van der Waals surface area contributed by atoms with Gasteiger partial charge in [-0.2, -0.15) is 0 Å². The van der Waals surface area contributed by atoms with Crippen LogP contribution in [-0.4, -0.2) is 18.2 Å². The number of benzene rings is 3. The summed E-state index contributed by atoms with van der Waals surface area (Å²) in [6, 6.07) is 21.2. The van der Waals surface area contributed by atoms with Gasteiger partial charge in [-0.3, -0.25) is 4.79 Å². The first-order valence-corrected chi connectivity index (χ1v) is 7.81. The lowest BCUT2D eigenvalue weighted by molar-refractivity contribution is 0.0680. The van der Waals surface area contributed by atoms with Gasteiger partial charge in [-0.05, 0) is 36.4 Å². The molecule has 0 saturated heterocycles. The molecule has 0 aromatic heterocycles. The summed E-state index contributed by atoms with van der Waals surface area (Å²) in [4.78, 5) is 35.9. The molecule has 0 unspecified atom stereocenters. The standard InChI is InChI=1S/C21H14O5/c22-14-17-12-7-13-18(25-20(23)15-8-3-1-4-9-15)19(17)26-21(24)16-10-5-2-6-11-16/h1-14H. The van der Waals surface area contributed by atoms with Crippen LogP contribution in [0.25, 0.3) is 0 Å². The van der Waals surface area contributed by atoms with Crippen LogP contribution >= 0.6 is 0 Å². The molecule has 3 aromatic rings. The normalized spacial score (nSPS) is 10.0. The molecule has 0 amide bonds. The second-order valence-electron chi connectivity index (χ2n) is 5.30. The molecule has 5 heteroatoms. The van der Waals surface area contributed by atoms with E-state index in [-0.39, 0.29) is 17.1 Å². The van der Waals surface area contributed by atoms with Gasteiger partial charge in [0.1, 0.15) is 0 Å². The van der Waals surface area contributed by atoms with Gasteiger partial charge in [0.25, 0.3) is 0 Å². The van der Waals surface area contributed by atoms with Crippen molar-refractivity contribution in [2.24, 2.45) is 0 Å². The number of rotatable bonds is 5. The molecule has 0 aliphatic carbocycles. The third kappa shape index (κ3) is 3.84. The number of hydrogen-bond donors (Lipinski definition) is 0. The number of esters is 2. The van der Waals surface area contributed by atoms with Gasteiger partial charge < -0.3 is 9.47 Å². The zero-order valence-electron chi connectivity index (χ0n) is 13.6. The zero-order valence-corrected chi connectivity index (χ0v) is 13.6. The maximum absolute atomic E-state index is 12.3. The monoisotopic (exact) mass is 346 g/mol. The SMILES string of the molecule is O=Cc1cccc(OC(=O)c2ccccc2)c1OC(=O)c1ccccc1. The summed E-state index contributed by atoms with van der Waals surface area (Å²) in [6.07, 6.45) is 0.535. The fraction of sp³-hybridized carbons (Fsp3) is 0. The lowest BCUT2D eigenvalue weighted by Crippen LogP contribution is -2.13. The minimum Gasteiger partial charge on any atom is -0.419 e.